The van der Waals surface area contributed by atoms with Crippen LogP contribution >= 0.6 is 11.6 Å². The maximum atomic E-state index is 6.15. The average molecular weight is 342 g/mol. The van der Waals surface area contributed by atoms with E-state index in [1.54, 1.807) is 18.5 Å². The molecule has 0 spiro atoms. The minimum absolute atomic E-state index is 0.208. The second-order valence-corrected chi connectivity index (χ2v) is 5.48. The van der Waals surface area contributed by atoms with Crippen LogP contribution in [0.25, 0.3) is 6.08 Å². The van der Waals surface area contributed by atoms with Gasteiger partial charge in [0, 0.05) is 11.2 Å². The summed E-state index contributed by atoms with van der Waals surface area (Å²) < 4.78 is 5.08. The van der Waals surface area contributed by atoms with Gasteiger partial charge in [-0.25, -0.2) is 9.97 Å². The molecule has 0 fully saturated rings. The lowest BCUT2D eigenvalue weighted by Crippen LogP contribution is -2.19. The number of allylic oxidation sites excluding steroid dienone is 1. The van der Waals surface area contributed by atoms with E-state index in [1.165, 1.54) is 6.39 Å². The Hall–Kier alpha value is -2.86. The van der Waals surface area contributed by atoms with Crippen LogP contribution < -0.4 is 10.6 Å². The van der Waals surface area contributed by atoms with E-state index in [0.717, 1.165) is 16.9 Å². The normalized spacial score (nSPS) is 11.1. The number of oxazole rings is 1. The van der Waals surface area contributed by atoms with Crippen molar-refractivity contribution in [3.63, 3.8) is 0 Å². The highest BCUT2D eigenvalue weighted by atomic mass is 35.5. The summed E-state index contributed by atoms with van der Waals surface area (Å²) in [6.07, 6.45) is 8.57. The second-order valence-electron chi connectivity index (χ2n) is 5.04. The Kier molecular flexibility index (Phi) is 4.77. The maximum Gasteiger partial charge on any atom is 0.221 e. The largest absolute Gasteiger partial charge is 0.451 e. The number of nitrogens with two attached hydrogens (primary N) is 1. The average Bonchev–Trinajstić information content (AvgIpc) is 3.07. The van der Waals surface area contributed by atoms with Crippen LogP contribution in [0.2, 0.25) is 5.02 Å². The number of nitrogens with zero attached hydrogens (tertiary/aromatic N) is 4. The third-order valence-electron chi connectivity index (χ3n) is 3.37. The van der Waals surface area contributed by atoms with Gasteiger partial charge in [0.1, 0.15) is 12.1 Å². The quantitative estimate of drug-likeness (QED) is 0.753. The molecule has 0 aliphatic rings. The first-order chi connectivity index (χ1) is 11.7. The van der Waals surface area contributed by atoms with E-state index in [1.807, 2.05) is 42.2 Å². The Morgan fingerprint density at radius 1 is 1.29 bits per heavy atom. The molecule has 6 nitrogen and oxygen atoms in total. The molecule has 3 aromatic rings. The summed E-state index contributed by atoms with van der Waals surface area (Å²) in [4.78, 5) is 14.5. The van der Waals surface area contributed by atoms with Gasteiger partial charge in [-0.3, -0.25) is 0 Å². The number of aromatic nitrogens is 3. The molecular weight excluding hydrogens is 326 g/mol. The van der Waals surface area contributed by atoms with Crippen molar-refractivity contribution in [1.82, 2.24) is 15.0 Å². The first-order valence-corrected chi connectivity index (χ1v) is 7.70. The van der Waals surface area contributed by atoms with Crippen LogP contribution in [-0.2, 0) is 6.54 Å². The van der Waals surface area contributed by atoms with Gasteiger partial charge in [-0.05, 0) is 36.8 Å². The van der Waals surface area contributed by atoms with Crippen molar-refractivity contribution < 1.29 is 4.42 Å². The first-order valence-electron chi connectivity index (χ1n) is 7.32. The third kappa shape index (κ3) is 3.55. The molecule has 2 N–H and O–H groups in total. The molecule has 0 bridgehead atoms. The summed E-state index contributed by atoms with van der Waals surface area (Å²) in [5, 5.41) is 0.662. The van der Waals surface area contributed by atoms with Gasteiger partial charge in [0.25, 0.3) is 0 Å². The Bertz CT molecular complexity index is 848. The molecule has 0 amide bonds. The Morgan fingerprint density at radius 2 is 2.17 bits per heavy atom. The van der Waals surface area contributed by atoms with Gasteiger partial charge in [0.2, 0.25) is 5.95 Å². The maximum absolute atomic E-state index is 6.15. The van der Waals surface area contributed by atoms with E-state index >= 15 is 0 Å². The summed E-state index contributed by atoms with van der Waals surface area (Å²) in [7, 11) is 0. The molecule has 0 saturated carbocycles. The fourth-order valence-corrected chi connectivity index (χ4v) is 2.55. The van der Waals surface area contributed by atoms with E-state index in [-0.39, 0.29) is 5.95 Å². The van der Waals surface area contributed by atoms with Crippen LogP contribution in [0, 0.1) is 0 Å². The van der Waals surface area contributed by atoms with Crippen molar-refractivity contribution in [3.05, 3.63) is 65.5 Å². The molecular formula is C17H16ClN5O. The Balaban J connectivity index is 2.11. The molecule has 2 aromatic heterocycles. The predicted octanol–water partition coefficient (Wildman–Crippen LogP) is 4.07. The lowest BCUT2D eigenvalue weighted by molar-refractivity contribution is 0.556. The summed E-state index contributed by atoms with van der Waals surface area (Å²) in [6.45, 7) is 2.43. The van der Waals surface area contributed by atoms with Gasteiger partial charge in [0.05, 0.1) is 17.9 Å². The summed E-state index contributed by atoms with van der Waals surface area (Å²) in [6, 6.07) is 7.47. The second kappa shape index (κ2) is 7.14. The van der Waals surface area contributed by atoms with Crippen LogP contribution in [0.3, 0.4) is 0 Å². The van der Waals surface area contributed by atoms with Gasteiger partial charge >= 0.3 is 0 Å². The first kappa shape index (κ1) is 16.0. The molecule has 0 unspecified atom stereocenters. The number of benzene rings is 1. The highest BCUT2D eigenvalue weighted by Crippen LogP contribution is 2.32. The molecule has 1 aromatic carbocycles. The Labute approximate surface area is 144 Å². The molecule has 0 radical (unpaired) electrons. The van der Waals surface area contributed by atoms with Crippen molar-refractivity contribution in [1.29, 1.82) is 0 Å². The van der Waals surface area contributed by atoms with Crippen LogP contribution in [0.1, 0.15) is 18.2 Å². The lowest BCUT2D eigenvalue weighted by atomic mass is 10.1. The molecule has 122 valence electrons. The standard InChI is InChI=1S/C17H16ClN5O/c1-2-3-12-8-13(18)4-5-15(12)23(9-14-10-24-11-21-14)16-6-7-20-17(19)22-16/h2-8,10-11H,9H2,1H3,(H2,19,20,22)/b3-2+. The number of hydrogen-bond acceptors (Lipinski definition) is 6. The van der Waals surface area contributed by atoms with Crippen LogP contribution in [0.5, 0.6) is 0 Å². The number of rotatable bonds is 5. The number of hydrogen-bond donors (Lipinski definition) is 1. The molecule has 0 atom stereocenters. The highest BCUT2D eigenvalue weighted by Gasteiger charge is 2.16. The van der Waals surface area contributed by atoms with Crippen molar-refractivity contribution in [2.75, 3.05) is 10.6 Å². The van der Waals surface area contributed by atoms with Crippen molar-refractivity contribution >= 4 is 35.1 Å². The van der Waals surface area contributed by atoms with Crippen LogP contribution in [0.15, 0.2) is 53.6 Å². The van der Waals surface area contributed by atoms with Crippen molar-refractivity contribution in [2.45, 2.75) is 13.5 Å². The van der Waals surface area contributed by atoms with E-state index in [4.69, 9.17) is 21.8 Å². The van der Waals surface area contributed by atoms with Gasteiger partial charge in [-0.2, -0.15) is 4.98 Å². The molecule has 0 aliphatic heterocycles. The summed E-state index contributed by atoms with van der Waals surface area (Å²) >= 11 is 6.15. The number of nitrogen functional groups attached to an aromatic ring is 1. The molecule has 2 heterocycles. The molecule has 3 rings (SSSR count). The monoisotopic (exact) mass is 341 g/mol. The number of anilines is 3. The van der Waals surface area contributed by atoms with Crippen molar-refractivity contribution in [3.8, 4) is 0 Å². The predicted molar refractivity (Wildman–Crippen MR) is 95.0 cm³/mol. The highest BCUT2D eigenvalue weighted by molar-refractivity contribution is 6.30. The molecule has 7 heteroatoms. The zero-order valence-electron chi connectivity index (χ0n) is 13.1. The SMILES string of the molecule is C/C=C/c1cc(Cl)ccc1N(Cc1cocn1)c1ccnc(N)n1. The minimum Gasteiger partial charge on any atom is -0.451 e. The van der Waals surface area contributed by atoms with Gasteiger partial charge in [-0.1, -0.05) is 23.8 Å². The van der Waals surface area contributed by atoms with Gasteiger partial charge in [-0.15, -0.1) is 0 Å². The van der Waals surface area contributed by atoms with Gasteiger partial charge in [0.15, 0.2) is 6.39 Å². The minimum atomic E-state index is 0.208. The zero-order valence-corrected chi connectivity index (χ0v) is 13.8. The van der Waals surface area contributed by atoms with E-state index in [0.29, 0.717) is 17.4 Å². The molecule has 0 saturated heterocycles. The van der Waals surface area contributed by atoms with E-state index < -0.39 is 0 Å². The smallest absolute Gasteiger partial charge is 0.221 e. The molecule has 24 heavy (non-hydrogen) atoms. The fraction of sp³-hybridized carbons (Fsp3) is 0.118. The molecule has 0 aliphatic carbocycles. The van der Waals surface area contributed by atoms with Gasteiger partial charge < -0.3 is 15.1 Å². The topological polar surface area (TPSA) is 81.1 Å². The van der Waals surface area contributed by atoms with E-state index in [9.17, 15) is 0 Å². The van der Waals surface area contributed by atoms with E-state index in [2.05, 4.69) is 15.0 Å². The fourth-order valence-electron chi connectivity index (χ4n) is 2.37. The Morgan fingerprint density at radius 3 is 2.88 bits per heavy atom. The third-order valence-corrected chi connectivity index (χ3v) is 3.60. The number of halogens is 1. The van der Waals surface area contributed by atoms with Crippen LogP contribution in [-0.4, -0.2) is 15.0 Å². The summed E-state index contributed by atoms with van der Waals surface area (Å²) in [5.74, 6) is 0.873. The summed E-state index contributed by atoms with van der Waals surface area (Å²) in [5.41, 5.74) is 8.42. The van der Waals surface area contributed by atoms with Crippen molar-refractivity contribution in [2.24, 2.45) is 0 Å². The lowest BCUT2D eigenvalue weighted by Gasteiger charge is -2.25. The zero-order chi connectivity index (χ0) is 16.9. The van der Waals surface area contributed by atoms with Crippen LogP contribution in [0.4, 0.5) is 17.5 Å².